The number of aromatic nitrogens is 1. The van der Waals surface area contributed by atoms with Crippen LogP contribution in [0.25, 0.3) is 11.1 Å². The minimum absolute atomic E-state index is 0.106. The highest BCUT2D eigenvalue weighted by molar-refractivity contribution is 6.00. The second-order valence-corrected chi connectivity index (χ2v) is 8.99. The Bertz CT molecular complexity index is 1240. The highest BCUT2D eigenvalue weighted by Crippen LogP contribution is 2.28. The van der Waals surface area contributed by atoms with Crippen molar-refractivity contribution in [2.75, 3.05) is 11.1 Å². The molecule has 2 amide bonds. The number of carbonyl (C=O) groups is 2. The van der Waals surface area contributed by atoms with Gasteiger partial charge in [-0.1, -0.05) is 6.07 Å². The van der Waals surface area contributed by atoms with Gasteiger partial charge in [-0.3, -0.25) is 9.59 Å². The highest BCUT2D eigenvalue weighted by Gasteiger charge is 2.21. The number of nitrogens with one attached hydrogen (secondary N) is 2. The van der Waals surface area contributed by atoms with Crippen LogP contribution in [0.1, 0.15) is 48.4 Å². The quantitative estimate of drug-likeness (QED) is 0.449. The summed E-state index contributed by atoms with van der Waals surface area (Å²) in [7, 11) is 0. The summed E-state index contributed by atoms with van der Waals surface area (Å²) in [6.45, 7) is 7.38. The van der Waals surface area contributed by atoms with Crippen molar-refractivity contribution in [2.45, 2.75) is 39.3 Å². The van der Waals surface area contributed by atoms with Crippen LogP contribution < -0.4 is 16.4 Å². The Labute approximate surface area is 196 Å². The number of hydrogen-bond donors (Lipinski definition) is 4. The van der Waals surface area contributed by atoms with Gasteiger partial charge in [0.05, 0.1) is 5.56 Å². The van der Waals surface area contributed by atoms with E-state index in [-0.39, 0.29) is 22.9 Å². The third-order valence-electron chi connectivity index (χ3n) is 4.91. The lowest BCUT2D eigenvalue weighted by molar-refractivity contribution is -0.124. The summed E-state index contributed by atoms with van der Waals surface area (Å²) in [4.78, 5) is 29.1. The molecule has 5 N–H and O–H groups in total. The van der Waals surface area contributed by atoms with Crippen molar-refractivity contribution in [2.24, 2.45) is 0 Å². The number of rotatable bonds is 5. The molecule has 0 fully saturated rings. The van der Waals surface area contributed by atoms with Crippen molar-refractivity contribution < 1.29 is 23.5 Å². The lowest BCUT2D eigenvalue weighted by atomic mass is 9.99. The summed E-state index contributed by atoms with van der Waals surface area (Å²) in [5.41, 5.74) is 8.03. The average Bonchev–Trinajstić information content (AvgIpc) is 2.72. The molecule has 1 heterocycles. The van der Waals surface area contributed by atoms with Gasteiger partial charge in [-0.25, -0.2) is 13.8 Å². The van der Waals surface area contributed by atoms with Crippen molar-refractivity contribution in [3.05, 3.63) is 77.0 Å². The van der Waals surface area contributed by atoms with Crippen LogP contribution in [0.2, 0.25) is 0 Å². The van der Waals surface area contributed by atoms with Crippen LogP contribution >= 0.6 is 0 Å². The second-order valence-electron chi connectivity index (χ2n) is 8.99. The van der Waals surface area contributed by atoms with Crippen molar-refractivity contribution in [1.29, 1.82) is 0 Å². The standard InChI is InChI=1S/C25H26F2N4O3/c1-13-7-18(30-24(34)21(32)14-8-16(26)11-17(27)9-14)5-6-19(13)15-10-20(22(28)29-12-15)23(33)31-25(2,3)4/h5-12,21,32H,1-4H3,(H2,28,29)(H,30,34)(H,31,33)/t21-/m1/s1. The Morgan fingerprint density at radius 3 is 2.29 bits per heavy atom. The molecule has 9 heteroatoms. The normalized spacial score (nSPS) is 12.2. The molecule has 178 valence electrons. The Morgan fingerprint density at radius 2 is 1.71 bits per heavy atom. The molecule has 1 atom stereocenters. The summed E-state index contributed by atoms with van der Waals surface area (Å²) in [6.07, 6.45) is -0.207. The summed E-state index contributed by atoms with van der Waals surface area (Å²) in [5.74, 6) is -2.87. The number of aliphatic hydroxyl groups excluding tert-OH is 1. The molecule has 0 saturated heterocycles. The smallest absolute Gasteiger partial charge is 0.257 e. The van der Waals surface area contributed by atoms with Gasteiger partial charge in [0.25, 0.3) is 11.8 Å². The molecule has 2 aromatic carbocycles. The van der Waals surface area contributed by atoms with Gasteiger partial charge in [-0.05, 0) is 74.7 Å². The van der Waals surface area contributed by atoms with Crippen molar-refractivity contribution >= 4 is 23.3 Å². The van der Waals surface area contributed by atoms with E-state index in [9.17, 15) is 23.5 Å². The Hall–Kier alpha value is -3.85. The maximum absolute atomic E-state index is 13.4. The molecular weight excluding hydrogens is 442 g/mol. The van der Waals surface area contributed by atoms with Gasteiger partial charge in [0.15, 0.2) is 6.10 Å². The summed E-state index contributed by atoms with van der Waals surface area (Å²) in [6, 6.07) is 9.07. The number of nitrogens with two attached hydrogens (primary N) is 1. The third-order valence-corrected chi connectivity index (χ3v) is 4.91. The molecule has 0 aliphatic heterocycles. The largest absolute Gasteiger partial charge is 0.383 e. The van der Waals surface area contributed by atoms with Crippen molar-refractivity contribution in [1.82, 2.24) is 10.3 Å². The number of carbonyl (C=O) groups excluding carboxylic acids is 2. The molecular formula is C25H26F2N4O3. The van der Waals surface area contributed by atoms with Crippen LogP contribution in [-0.2, 0) is 4.79 Å². The van der Waals surface area contributed by atoms with Crippen LogP contribution in [0.5, 0.6) is 0 Å². The number of pyridine rings is 1. The van der Waals surface area contributed by atoms with E-state index < -0.39 is 29.2 Å². The van der Waals surface area contributed by atoms with E-state index >= 15 is 0 Å². The Balaban J connectivity index is 1.82. The SMILES string of the molecule is Cc1cc(NC(=O)[C@H](O)c2cc(F)cc(F)c2)ccc1-c1cnc(N)c(C(=O)NC(C)(C)C)c1. The van der Waals surface area contributed by atoms with E-state index in [1.807, 2.05) is 20.8 Å². The molecule has 0 aliphatic carbocycles. The predicted octanol–water partition coefficient (Wildman–Crippen LogP) is 4.12. The van der Waals surface area contributed by atoms with Crippen LogP contribution in [0.3, 0.4) is 0 Å². The fourth-order valence-corrected chi connectivity index (χ4v) is 3.37. The summed E-state index contributed by atoms with van der Waals surface area (Å²) < 4.78 is 26.8. The molecule has 0 aliphatic rings. The fourth-order valence-electron chi connectivity index (χ4n) is 3.37. The second kappa shape index (κ2) is 9.56. The Morgan fingerprint density at radius 1 is 1.06 bits per heavy atom. The van der Waals surface area contributed by atoms with E-state index in [4.69, 9.17) is 5.73 Å². The number of nitrogen functional groups attached to an aromatic ring is 1. The zero-order valence-electron chi connectivity index (χ0n) is 19.2. The first-order valence-corrected chi connectivity index (χ1v) is 10.5. The van der Waals surface area contributed by atoms with E-state index in [1.54, 1.807) is 37.4 Å². The lowest BCUT2D eigenvalue weighted by Crippen LogP contribution is -2.40. The van der Waals surface area contributed by atoms with Crippen molar-refractivity contribution in [3.63, 3.8) is 0 Å². The number of nitrogens with zero attached hydrogens (tertiary/aromatic N) is 1. The number of hydrogen-bond acceptors (Lipinski definition) is 5. The number of anilines is 2. The molecule has 34 heavy (non-hydrogen) atoms. The lowest BCUT2D eigenvalue weighted by Gasteiger charge is -2.21. The monoisotopic (exact) mass is 468 g/mol. The average molecular weight is 469 g/mol. The van der Waals surface area contributed by atoms with E-state index in [0.717, 1.165) is 23.3 Å². The van der Waals surface area contributed by atoms with Crippen LogP contribution in [0, 0.1) is 18.6 Å². The van der Waals surface area contributed by atoms with Gasteiger partial charge in [0.2, 0.25) is 0 Å². The van der Waals surface area contributed by atoms with Gasteiger partial charge in [-0.2, -0.15) is 0 Å². The molecule has 0 saturated carbocycles. The minimum Gasteiger partial charge on any atom is -0.383 e. The van der Waals surface area contributed by atoms with Crippen LogP contribution in [0.15, 0.2) is 48.7 Å². The van der Waals surface area contributed by atoms with E-state index in [0.29, 0.717) is 17.3 Å². The first-order valence-electron chi connectivity index (χ1n) is 10.5. The third kappa shape index (κ3) is 5.93. The van der Waals surface area contributed by atoms with Gasteiger partial charge in [0.1, 0.15) is 17.5 Å². The number of aryl methyl sites for hydroxylation is 1. The minimum atomic E-state index is -1.75. The number of amides is 2. The van der Waals surface area contributed by atoms with E-state index in [1.165, 1.54) is 0 Å². The number of halogens is 2. The molecule has 3 aromatic rings. The van der Waals surface area contributed by atoms with Crippen LogP contribution in [0.4, 0.5) is 20.3 Å². The molecule has 0 radical (unpaired) electrons. The molecule has 1 aromatic heterocycles. The predicted molar refractivity (Wildman–Crippen MR) is 126 cm³/mol. The van der Waals surface area contributed by atoms with Gasteiger partial charge in [0, 0.05) is 29.1 Å². The van der Waals surface area contributed by atoms with Crippen molar-refractivity contribution in [3.8, 4) is 11.1 Å². The molecule has 0 bridgehead atoms. The zero-order valence-corrected chi connectivity index (χ0v) is 19.2. The topological polar surface area (TPSA) is 117 Å². The number of benzene rings is 2. The molecule has 0 spiro atoms. The Kier molecular flexibility index (Phi) is 6.97. The maximum Gasteiger partial charge on any atom is 0.257 e. The maximum atomic E-state index is 13.4. The van der Waals surface area contributed by atoms with Gasteiger partial charge >= 0.3 is 0 Å². The van der Waals surface area contributed by atoms with Gasteiger partial charge < -0.3 is 21.5 Å². The van der Waals surface area contributed by atoms with Gasteiger partial charge in [-0.15, -0.1) is 0 Å². The fraction of sp³-hybridized carbons (Fsp3) is 0.240. The highest BCUT2D eigenvalue weighted by atomic mass is 19.1. The summed E-state index contributed by atoms with van der Waals surface area (Å²) >= 11 is 0. The molecule has 3 rings (SSSR count). The zero-order chi connectivity index (χ0) is 25.2. The first-order chi connectivity index (χ1) is 15.8. The molecule has 0 unspecified atom stereocenters. The number of aliphatic hydroxyl groups is 1. The van der Waals surface area contributed by atoms with Crippen LogP contribution in [-0.4, -0.2) is 27.4 Å². The summed E-state index contributed by atoms with van der Waals surface area (Å²) in [5, 5.41) is 15.6. The molecule has 7 nitrogen and oxygen atoms in total. The van der Waals surface area contributed by atoms with E-state index in [2.05, 4.69) is 15.6 Å². The first kappa shape index (κ1) is 24.8.